The van der Waals surface area contributed by atoms with Gasteiger partial charge in [-0.25, -0.2) is 4.79 Å². The standard InChI is InChI=1S/C20H16N2O6S2/c1-27-15-9-12(7-8-14(15)28-11-17(23)24)10-16-19(26)22(20(29)30-16)21-18(25)13-5-3-2-4-6-13/h2-10H,11H2,1H3,(H,21,25)(H,23,24)/b16-10+. The molecule has 1 aliphatic rings. The van der Waals surface area contributed by atoms with Gasteiger partial charge in [0.1, 0.15) is 0 Å². The van der Waals surface area contributed by atoms with Gasteiger partial charge in [-0.2, -0.15) is 5.01 Å². The fourth-order valence-corrected chi connectivity index (χ4v) is 3.68. The van der Waals surface area contributed by atoms with Gasteiger partial charge in [0.15, 0.2) is 22.4 Å². The van der Waals surface area contributed by atoms with Crippen molar-refractivity contribution in [3.05, 3.63) is 64.6 Å². The Morgan fingerprint density at radius 1 is 1.20 bits per heavy atom. The number of thiocarbonyl (C=S) groups is 1. The number of carbonyl (C=O) groups excluding carboxylic acids is 2. The summed E-state index contributed by atoms with van der Waals surface area (Å²) in [5.74, 6) is -1.44. The van der Waals surface area contributed by atoms with E-state index >= 15 is 0 Å². The predicted octanol–water partition coefficient (Wildman–Crippen LogP) is 2.70. The molecule has 0 aliphatic carbocycles. The molecule has 0 bridgehead atoms. The number of carboxylic acid groups (broad SMARTS) is 1. The molecule has 0 aromatic heterocycles. The Morgan fingerprint density at radius 3 is 2.60 bits per heavy atom. The number of carbonyl (C=O) groups is 3. The first kappa shape index (κ1) is 21.3. The van der Waals surface area contributed by atoms with Gasteiger partial charge in [0.25, 0.3) is 11.8 Å². The lowest BCUT2D eigenvalue weighted by atomic mass is 10.2. The number of nitrogens with one attached hydrogen (secondary N) is 1. The molecule has 10 heteroatoms. The number of rotatable bonds is 7. The summed E-state index contributed by atoms with van der Waals surface area (Å²) in [4.78, 5) is 36.0. The highest BCUT2D eigenvalue weighted by molar-refractivity contribution is 8.26. The average Bonchev–Trinajstić information content (AvgIpc) is 3.00. The monoisotopic (exact) mass is 444 g/mol. The van der Waals surface area contributed by atoms with Gasteiger partial charge in [-0.3, -0.25) is 15.0 Å². The van der Waals surface area contributed by atoms with Crippen molar-refractivity contribution in [1.82, 2.24) is 10.4 Å². The zero-order chi connectivity index (χ0) is 21.7. The molecule has 0 radical (unpaired) electrons. The van der Waals surface area contributed by atoms with Crippen molar-refractivity contribution in [1.29, 1.82) is 0 Å². The second-order valence-corrected chi connectivity index (χ2v) is 7.59. The number of carboxylic acids is 1. The lowest BCUT2D eigenvalue weighted by Crippen LogP contribution is -2.44. The lowest BCUT2D eigenvalue weighted by molar-refractivity contribution is -0.139. The van der Waals surface area contributed by atoms with E-state index < -0.39 is 24.4 Å². The molecule has 1 fully saturated rings. The number of hydrogen-bond donors (Lipinski definition) is 2. The van der Waals surface area contributed by atoms with Gasteiger partial charge in [-0.05, 0) is 48.1 Å². The van der Waals surface area contributed by atoms with Gasteiger partial charge in [-0.1, -0.05) is 36.0 Å². The van der Waals surface area contributed by atoms with Crippen LogP contribution in [0.5, 0.6) is 11.5 Å². The molecule has 0 atom stereocenters. The summed E-state index contributed by atoms with van der Waals surface area (Å²) < 4.78 is 10.6. The van der Waals surface area contributed by atoms with E-state index in [4.69, 9.17) is 26.8 Å². The molecule has 1 saturated heterocycles. The number of methoxy groups -OCH3 is 1. The number of ether oxygens (including phenoxy) is 2. The number of benzene rings is 2. The number of nitrogens with zero attached hydrogens (tertiary/aromatic N) is 1. The highest BCUT2D eigenvalue weighted by Crippen LogP contribution is 2.34. The van der Waals surface area contributed by atoms with Crippen LogP contribution in [0, 0.1) is 0 Å². The third-order valence-corrected chi connectivity index (χ3v) is 5.18. The second kappa shape index (κ2) is 9.42. The number of amides is 2. The molecule has 30 heavy (non-hydrogen) atoms. The molecular weight excluding hydrogens is 428 g/mol. The second-order valence-electron chi connectivity index (χ2n) is 5.92. The molecule has 0 saturated carbocycles. The lowest BCUT2D eigenvalue weighted by Gasteiger charge is -2.15. The Kier molecular flexibility index (Phi) is 6.70. The Labute approximate surface area is 181 Å². The zero-order valence-corrected chi connectivity index (χ0v) is 17.3. The summed E-state index contributed by atoms with van der Waals surface area (Å²) in [6.45, 7) is -0.504. The Balaban J connectivity index is 1.76. The SMILES string of the molecule is COc1cc(/C=C2/SC(=S)N(NC(=O)c3ccccc3)C2=O)ccc1OCC(=O)O. The van der Waals surface area contributed by atoms with E-state index in [9.17, 15) is 14.4 Å². The van der Waals surface area contributed by atoms with Crippen molar-refractivity contribution in [2.45, 2.75) is 0 Å². The van der Waals surface area contributed by atoms with Crippen LogP contribution >= 0.6 is 24.0 Å². The Bertz CT molecular complexity index is 1040. The van der Waals surface area contributed by atoms with Crippen LogP contribution in [0.2, 0.25) is 0 Å². The molecule has 1 aliphatic heterocycles. The predicted molar refractivity (Wildman–Crippen MR) is 115 cm³/mol. The van der Waals surface area contributed by atoms with Crippen LogP contribution < -0.4 is 14.9 Å². The van der Waals surface area contributed by atoms with Crippen molar-refractivity contribution in [3.8, 4) is 11.5 Å². The molecule has 2 amide bonds. The van der Waals surface area contributed by atoms with Crippen molar-refractivity contribution in [2.75, 3.05) is 13.7 Å². The van der Waals surface area contributed by atoms with E-state index in [2.05, 4.69) is 5.43 Å². The van der Waals surface area contributed by atoms with Crippen molar-refractivity contribution in [3.63, 3.8) is 0 Å². The molecule has 0 spiro atoms. The summed E-state index contributed by atoms with van der Waals surface area (Å²) in [5.41, 5.74) is 3.53. The van der Waals surface area contributed by atoms with Crippen LogP contribution in [0.3, 0.4) is 0 Å². The quantitative estimate of drug-likeness (QED) is 0.496. The third kappa shape index (κ3) is 4.97. The first-order valence-corrected chi connectivity index (χ1v) is 9.78. The maximum atomic E-state index is 12.7. The minimum Gasteiger partial charge on any atom is -0.493 e. The molecule has 8 nitrogen and oxygen atoms in total. The van der Waals surface area contributed by atoms with Crippen LogP contribution in [0.15, 0.2) is 53.4 Å². The maximum absolute atomic E-state index is 12.7. The van der Waals surface area contributed by atoms with Crippen LogP contribution in [0.1, 0.15) is 15.9 Å². The summed E-state index contributed by atoms with van der Waals surface area (Å²) >= 11 is 6.27. The molecule has 2 N–H and O–H groups in total. The van der Waals surface area contributed by atoms with Gasteiger partial charge in [-0.15, -0.1) is 0 Å². The maximum Gasteiger partial charge on any atom is 0.341 e. The average molecular weight is 444 g/mol. The summed E-state index contributed by atoms with van der Waals surface area (Å²) in [7, 11) is 1.42. The molecule has 154 valence electrons. The van der Waals surface area contributed by atoms with Gasteiger partial charge in [0.2, 0.25) is 0 Å². The van der Waals surface area contributed by atoms with E-state index in [0.29, 0.717) is 21.8 Å². The summed E-state index contributed by atoms with van der Waals surface area (Å²) in [5, 5.41) is 9.76. The van der Waals surface area contributed by atoms with E-state index in [0.717, 1.165) is 16.8 Å². The summed E-state index contributed by atoms with van der Waals surface area (Å²) in [6, 6.07) is 13.3. The highest BCUT2D eigenvalue weighted by atomic mass is 32.2. The largest absolute Gasteiger partial charge is 0.493 e. The topological polar surface area (TPSA) is 105 Å². The molecule has 0 unspecified atom stereocenters. The number of thioether (sulfide) groups is 1. The minimum atomic E-state index is -1.11. The van der Waals surface area contributed by atoms with E-state index in [1.54, 1.807) is 54.6 Å². The number of hydrogen-bond acceptors (Lipinski definition) is 7. The first-order valence-electron chi connectivity index (χ1n) is 8.55. The van der Waals surface area contributed by atoms with Crippen LogP contribution in [0.25, 0.3) is 6.08 Å². The molecule has 2 aromatic carbocycles. The van der Waals surface area contributed by atoms with Crippen LogP contribution in [-0.4, -0.2) is 45.9 Å². The van der Waals surface area contributed by atoms with Crippen LogP contribution in [0.4, 0.5) is 0 Å². The van der Waals surface area contributed by atoms with Gasteiger partial charge in [0, 0.05) is 5.56 Å². The highest BCUT2D eigenvalue weighted by Gasteiger charge is 2.33. The third-order valence-electron chi connectivity index (χ3n) is 3.88. The fourth-order valence-electron chi connectivity index (χ4n) is 2.50. The zero-order valence-electron chi connectivity index (χ0n) is 15.7. The minimum absolute atomic E-state index is 0.198. The van der Waals surface area contributed by atoms with Crippen molar-refractivity contribution < 1.29 is 29.0 Å². The van der Waals surface area contributed by atoms with Crippen molar-refractivity contribution >= 4 is 52.2 Å². The van der Waals surface area contributed by atoms with E-state index in [1.165, 1.54) is 7.11 Å². The van der Waals surface area contributed by atoms with Crippen LogP contribution in [-0.2, 0) is 9.59 Å². The van der Waals surface area contributed by atoms with Crippen molar-refractivity contribution in [2.24, 2.45) is 0 Å². The number of aliphatic carboxylic acids is 1. The smallest absolute Gasteiger partial charge is 0.341 e. The molecular formula is C20H16N2O6S2. The molecule has 2 aromatic rings. The normalized spacial score (nSPS) is 14.7. The molecule has 3 rings (SSSR count). The van der Waals surface area contributed by atoms with Gasteiger partial charge < -0.3 is 14.6 Å². The Morgan fingerprint density at radius 2 is 1.93 bits per heavy atom. The fraction of sp³-hybridized carbons (Fsp3) is 0.100. The van der Waals surface area contributed by atoms with E-state index in [1.807, 2.05) is 0 Å². The van der Waals surface area contributed by atoms with Gasteiger partial charge in [0.05, 0.1) is 12.0 Å². The first-order chi connectivity index (χ1) is 14.4. The van der Waals surface area contributed by atoms with Gasteiger partial charge >= 0.3 is 5.97 Å². The summed E-state index contributed by atoms with van der Waals surface area (Å²) in [6.07, 6.45) is 1.59. The number of hydrazine groups is 1. The molecule has 1 heterocycles. The Hall–Kier alpha value is -3.37. The van der Waals surface area contributed by atoms with E-state index in [-0.39, 0.29) is 10.1 Å².